The van der Waals surface area contributed by atoms with Gasteiger partial charge in [0.25, 0.3) is 0 Å². The van der Waals surface area contributed by atoms with E-state index in [1.54, 1.807) is 6.92 Å². The summed E-state index contributed by atoms with van der Waals surface area (Å²) in [5, 5.41) is 0. The number of benzene rings is 2. The molecule has 0 saturated heterocycles. The number of halogens is 3. The van der Waals surface area contributed by atoms with Crippen LogP contribution < -0.4 is 0 Å². The number of carbonyl (C=O) groups is 1. The molecule has 0 heterocycles. The quantitative estimate of drug-likeness (QED) is 0.692. The van der Waals surface area contributed by atoms with Crippen LogP contribution in [-0.2, 0) is 21.1 Å². The van der Waals surface area contributed by atoms with E-state index in [-0.39, 0.29) is 6.61 Å². The molecule has 0 N–H and O–H groups in total. The first-order chi connectivity index (χ1) is 12.2. The van der Waals surface area contributed by atoms with Crippen molar-refractivity contribution in [2.75, 3.05) is 6.61 Å². The summed E-state index contributed by atoms with van der Waals surface area (Å²) >= 11 is 0. The summed E-state index contributed by atoms with van der Waals surface area (Å²) in [6.45, 7) is 5.74. The zero-order valence-electron chi connectivity index (χ0n) is 14.8. The maximum Gasteiger partial charge on any atom is 0.416 e. The lowest BCUT2D eigenvalue weighted by Gasteiger charge is -2.19. The third-order valence-electron chi connectivity index (χ3n) is 4.82. The van der Waals surface area contributed by atoms with Gasteiger partial charge < -0.3 is 4.74 Å². The number of hydrogen-bond acceptors (Lipinski definition) is 2. The predicted molar refractivity (Wildman–Crippen MR) is 93.5 cm³/mol. The summed E-state index contributed by atoms with van der Waals surface area (Å²) in [5.74, 6) is -0.392. The van der Waals surface area contributed by atoms with E-state index in [0.717, 1.165) is 28.8 Å². The van der Waals surface area contributed by atoms with Gasteiger partial charge in [0.2, 0.25) is 0 Å². The molecular formula is C21H19F3O2. The summed E-state index contributed by atoms with van der Waals surface area (Å²) in [7, 11) is 0. The minimum Gasteiger partial charge on any atom is -0.465 e. The van der Waals surface area contributed by atoms with Gasteiger partial charge in [-0.3, -0.25) is 4.79 Å². The van der Waals surface area contributed by atoms with Crippen LogP contribution in [0.15, 0.2) is 54.1 Å². The van der Waals surface area contributed by atoms with Gasteiger partial charge >= 0.3 is 12.1 Å². The maximum atomic E-state index is 12.8. The Kier molecular flexibility index (Phi) is 4.42. The first-order valence-corrected chi connectivity index (χ1v) is 8.36. The van der Waals surface area contributed by atoms with Crippen molar-refractivity contribution in [3.05, 3.63) is 76.4 Å². The van der Waals surface area contributed by atoms with Crippen molar-refractivity contribution >= 4 is 11.5 Å². The fourth-order valence-electron chi connectivity index (χ4n) is 3.44. The van der Waals surface area contributed by atoms with Crippen molar-refractivity contribution in [1.29, 1.82) is 0 Å². The molecule has 1 atom stereocenters. The average molecular weight is 360 g/mol. The molecule has 0 fully saturated rings. The van der Waals surface area contributed by atoms with Crippen LogP contribution in [-0.4, -0.2) is 12.6 Å². The summed E-state index contributed by atoms with van der Waals surface area (Å²) in [5.41, 5.74) is 2.23. The molecule has 1 aliphatic rings. The Bertz CT molecular complexity index is 862. The Labute approximate surface area is 150 Å². The van der Waals surface area contributed by atoms with Gasteiger partial charge in [0, 0.05) is 0 Å². The fraction of sp³-hybridized carbons (Fsp3) is 0.286. The van der Waals surface area contributed by atoms with Crippen LogP contribution in [0.5, 0.6) is 0 Å². The lowest BCUT2D eigenvalue weighted by Crippen LogP contribution is -2.28. The molecule has 136 valence electrons. The van der Waals surface area contributed by atoms with Crippen molar-refractivity contribution in [2.24, 2.45) is 0 Å². The molecule has 5 heteroatoms. The average Bonchev–Trinajstić information content (AvgIpc) is 3.21. The van der Waals surface area contributed by atoms with Crippen LogP contribution in [0.3, 0.4) is 0 Å². The zero-order valence-corrected chi connectivity index (χ0v) is 14.8. The first kappa shape index (κ1) is 18.2. The van der Waals surface area contributed by atoms with Crippen LogP contribution in [0.25, 0.3) is 5.57 Å². The van der Waals surface area contributed by atoms with Crippen molar-refractivity contribution in [2.45, 2.75) is 32.4 Å². The Hall–Kier alpha value is -2.56. The molecule has 2 aromatic rings. The molecule has 1 unspecified atom stereocenters. The summed E-state index contributed by atoms with van der Waals surface area (Å²) in [6, 6.07) is 12.5. The fourth-order valence-corrected chi connectivity index (χ4v) is 3.44. The van der Waals surface area contributed by atoms with Crippen molar-refractivity contribution < 1.29 is 22.7 Å². The Morgan fingerprint density at radius 1 is 1.00 bits per heavy atom. The topological polar surface area (TPSA) is 26.3 Å². The van der Waals surface area contributed by atoms with Gasteiger partial charge in [-0.1, -0.05) is 42.0 Å². The highest BCUT2D eigenvalue weighted by atomic mass is 19.4. The summed E-state index contributed by atoms with van der Waals surface area (Å²) in [4.78, 5) is 12.8. The van der Waals surface area contributed by atoms with E-state index in [4.69, 9.17) is 4.74 Å². The van der Waals surface area contributed by atoms with E-state index in [2.05, 4.69) is 0 Å². The minimum absolute atomic E-state index is 0.236. The second kappa shape index (κ2) is 6.31. The van der Waals surface area contributed by atoms with Crippen LogP contribution in [0.1, 0.15) is 36.1 Å². The van der Waals surface area contributed by atoms with Crippen LogP contribution >= 0.6 is 0 Å². The number of ether oxygens (including phenoxy) is 1. The number of hydrogen-bond donors (Lipinski definition) is 0. The third kappa shape index (κ3) is 2.81. The lowest BCUT2D eigenvalue weighted by molar-refractivity contribution is -0.145. The molecule has 2 nitrogen and oxygen atoms in total. The summed E-state index contributed by atoms with van der Waals surface area (Å²) < 4.78 is 43.7. The number of carbonyl (C=O) groups excluding carboxylic acids is 1. The van der Waals surface area contributed by atoms with Gasteiger partial charge in [0.05, 0.1) is 12.2 Å². The lowest BCUT2D eigenvalue weighted by atomic mass is 9.86. The van der Waals surface area contributed by atoms with Crippen molar-refractivity contribution in [1.82, 2.24) is 0 Å². The maximum absolute atomic E-state index is 12.8. The van der Waals surface area contributed by atoms with Crippen LogP contribution in [0.2, 0.25) is 0 Å². The first-order valence-electron chi connectivity index (χ1n) is 8.36. The smallest absolute Gasteiger partial charge is 0.416 e. The van der Waals surface area contributed by atoms with Gasteiger partial charge in [0.15, 0.2) is 0 Å². The third-order valence-corrected chi connectivity index (χ3v) is 4.82. The number of rotatable bonds is 4. The summed E-state index contributed by atoms with van der Waals surface area (Å²) in [6.07, 6.45) is -4.39. The molecule has 0 bridgehead atoms. The number of alkyl halides is 3. The molecule has 0 amide bonds. The SMILES string of the molecule is CCOC(=O)C1(c2ccc(C)cc2)C(C)=C1c1ccc(C(F)(F)F)cc1. The van der Waals surface area contributed by atoms with Gasteiger partial charge in [-0.05, 0) is 55.2 Å². The second-order valence-corrected chi connectivity index (χ2v) is 6.41. The Balaban J connectivity index is 2.03. The molecule has 2 aromatic carbocycles. The minimum atomic E-state index is -4.39. The van der Waals surface area contributed by atoms with Gasteiger partial charge in [0.1, 0.15) is 5.41 Å². The molecule has 1 aliphatic carbocycles. The van der Waals surface area contributed by atoms with Crippen LogP contribution in [0.4, 0.5) is 13.2 Å². The van der Waals surface area contributed by atoms with Crippen LogP contribution in [0, 0.1) is 6.92 Å². The second-order valence-electron chi connectivity index (χ2n) is 6.41. The monoisotopic (exact) mass is 360 g/mol. The zero-order chi connectivity index (χ0) is 19.1. The van der Waals surface area contributed by atoms with E-state index < -0.39 is 23.1 Å². The molecule has 0 radical (unpaired) electrons. The highest BCUT2D eigenvalue weighted by Crippen LogP contribution is 2.60. The molecule has 3 rings (SSSR count). The van der Waals surface area contributed by atoms with E-state index in [9.17, 15) is 18.0 Å². The highest BCUT2D eigenvalue weighted by molar-refractivity contribution is 6.15. The van der Waals surface area contributed by atoms with E-state index in [0.29, 0.717) is 11.1 Å². The standard InChI is InChI=1S/C21H19F3O2/c1-4-26-19(25)20(16-9-5-13(2)6-10-16)14(3)18(20)15-7-11-17(12-8-15)21(22,23)24/h5-12H,4H2,1-3H3. The van der Waals surface area contributed by atoms with E-state index >= 15 is 0 Å². The molecule has 26 heavy (non-hydrogen) atoms. The normalized spacial score (nSPS) is 19.5. The van der Waals surface area contributed by atoms with Crippen molar-refractivity contribution in [3.8, 4) is 0 Å². The molecular weight excluding hydrogens is 341 g/mol. The van der Waals surface area contributed by atoms with E-state index in [1.807, 2.05) is 38.1 Å². The van der Waals surface area contributed by atoms with E-state index in [1.165, 1.54) is 12.1 Å². The van der Waals surface area contributed by atoms with Crippen molar-refractivity contribution in [3.63, 3.8) is 0 Å². The highest BCUT2D eigenvalue weighted by Gasteiger charge is 2.59. The van der Waals surface area contributed by atoms with Gasteiger partial charge in [-0.2, -0.15) is 13.2 Å². The van der Waals surface area contributed by atoms with Gasteiger partial charge in [-0.25, -0.2) is 0 Å². The molecule has 0 spiro atoms. The Morgan fingerprint density at radius 3 is 2.08 bits per heavy atom. The number of esters is 1. The largest absolute Gasteiger partial charge is 0.465 e. The van der Waals surface area contributed by atoms with Gasteiger partial charge in [-0.15, -0.1) is 0 Å². The number of aryl methyl sites for hydroxylation is 1. The predicted octanol–water partition coefficient (Wildman–Crippen LogP) is 5.30. The molecule has 0 aromatic heterocycles. The Morgan fingerprint density at radius 2 is 1.58 bits per heavy atom. The molecule has 0 aliphatic heterocycles. The molecule has 0 saturated carbocycles.